The first-order valence-corrected chi connectivity index (χ1v) is 10.0. The molecular weight excluding hydrogens is 381 g/mol. The van der Waals surface area contributed by atoms with E-state index in [9.17, 15) is 21.6 Å². The van der Waals surface area contributed by atoms with Crippen LogP contribution in [0.3, 0.4) is 0 Å². The molecule has 1 aromatic carbocycles. The molecule has 1 aromatic rings. The molecule has 0 atom stereocenters. The number of alkyl halides is 3. The summed E-state index contributed by atoms with van der Waals surface area (Å²) in [7, 11) is -4.00. The maximum Gasteiger partial charge on any atom is 0.416 e. The fraction of sp³-hybridized carbons (Fsp3) is 0.500. The number of nitrogens with zero attached hydrogens (tertiary/aromatic N) is 1. The van der Waals surface area contributed by atoms with E-state index in [1.165, 1.54) is 23.9 Å². The minimum Gasteiger partial charge on any atom is -0.392 e. The molecule has 0 unspecified atom stereocenters. The van der Waals surface area contributed by atoms with E-state index in [1.54, 1.807) is 0 Å². The van der Waals surface area contributed by atoms with Gasteiger partial charge in [-0.25, -0.2) is 8.42 Å². The molecule has 0 fully saturated rings. The van der Waals surface area contributed by atoms with Gasteiger partial charge in [0.05, 0.1) is 28.7 Å². The standard InChI is InChI=1S/C14H19F3N2O2S3/c1-10(2)23-9-19(7-13(18)22)24(20,21)8-11-5-3-4-6-12(11)14(15,16)17/h3-6,10H,7-9H2,1-2H3,(H2,18,22). The summed E-state index contributed by atoms with van der Waals surface area (Å²) in [6, 6.07) is 4.63. The van der Waals surface area contributed by atoms with Crippen molar-refractivity contribution in [1.29, 1.82) is 0 Å². The van der Waals surface area contributed by atoms with Gasteiger partial charge in [0.2, 0.25) is 10.0 Å². The van der Waals surface area contributed by atoms with Crippen LogP contribution < -0.4 is 5.73 Å². The van der Waals surface area contributed by atoms with Gasteiger partial charge in [0.25, 0.3) is 0 Å². The predicted octanol–water partition coefficient (Wildman–Crippen LogP) is 3.22. The van der Waals surface area contributed by atoms with Crippen molar-refractivity contribution in [2.24, 2.45) is 5.73 Å². The molecule has 0 aliphatic heterocycles. The first kappa shape index (κ1) is 21.2. The molecule has 0 spiro atoms. The normalized spacial score (nSPS) is 12.8. The Morgan fingerprint density at radius 1 is 1.33 bits per heavy atom. The van der Waals surface area contributed by atoms with Crippen LogP contribution in [0.2, 0.25) is 0 Å². The number of thiocarbonyl (C=S) groups is 1. The molecule has 1 rings (SSSR count). The van der Waals surface area contributed by atoms with E-state index >= 15 is 0 Å². The molecule has 0 bridgehead atoms. The van der Waals surface area contributed by atoms with Gasteiger partial charge in [0, 0.05) is 5.25 Å². The number of rotatable bonds is 8. The Kier molecular flexibility index (Phi) is 7.51. The first-order valence-electron chi connectivity index (χ1n) is 6.96. The highest BCUT2D eigenvalue weighted by Gasteiger charge is 2.35. The Morgan fingerprint density at radius 3 is 2.42 bits per heavy atom. The summed E-state index contributed by atoms with van der Waals surface area (Å²) in [5.41, 5.74) is 4.17. The van der Waals surface area contributed by atoms with Crippen molar-refractivity contribution in [2.45, 2.75) is 31.0 Å². The highest BCUT2D eigenvalue weighted by Crippen LogP contribution is 2.33. The van der Waals surface area contributed by atoms with E-state index < -0.39 is 27.5 Å². The predicted molar refractivity (Wildman–Crippen MR) is 95.2 cm³/mol. The molecule has 0 aliphatic carbocycles. The third-order valence-electron chi connectivity index (χ3n) is 2.94. The molecule has 0 aromatic heterocycles. The molecule has 4 nitrogen and oxygen atoms in total. The van der Waals surface area contributed by atoms with Crippen molar-refractivity contribution >= 4 is 39.0 Å². The lowest BCUT2D eigenvalue weighted by Gasteiger charge is -2.23. The second kappa shape index (κ2) is 8.50. The average Bonchev–Trinajstić information content (AvgIpc) is 2.41. The Hall–Kier alpha value is -0.840. The molecule has 0 radical (unpaired) electrons. The molecule has 0 aliphatic rings. The van der Waals surface area contributed by atoms with Gasteiger partial charge >= 0.3 is 6.18 Å². The topological polar surface area (TPSA) is 63.4 Å². The van der Waals surface area contributed by atoms with Gasteiger partial charge in [-0.15, -0.1) is 11.8 Å². The SMILES string of the molecule is CC(C)SCN(CC(N)=S)S(=O)(=O)Cc1ccccc1C(F)(F)F. The quantitative estimate of drug-likeness (QED) is 0.536. The molecule has 0 saturated carbocycles. The largest absolute Gasteiger partial charge is 0.416 e. The van der Waals surface area contributed by atoms with Gasteiger partial charge in [0.15, 0.2) is 0 Å². The van der Waals surface area contributed by atoms with E-state index in [2.05, 4.69) is 0 Å². The molecule has 0 amide bonds. The van der Waals surface area contributed by atoms with Crippen LogP contribution in [0.5, 0.6) is 0 Å². The Balaban J connectivity index is 3.11. The van der Waals surface area contributed by atoms with E-state index in [0.29, 0.717) is 0 Å². The zero-order valence-electron chi connectivity index (χ0n) is 13.2. The third-order valence-corrected chi connectivity index (χ3v) is 6.08. The Morgan fingerprint density at radius 2 is 1.92 bits per heavy atom. The van der Waals surface area contributed by atoms with Crippen LogP contribution in [0, 0.1) is 0 Å². The minimum absolute atomic E-state index is 0.0352. The molecule has 0 heterocycles. The van der Waals surface area contributed by atoms with Crippen LogP contribution in [-0.2, 0) is 22.0 Å². The number of hydrogen-bond donors (Lipinski definition) is 1. The van der Waals surface area contributed by atoms with E-state index in [1.807, 2.05) is 13.8 Å². The zero-order valence-corrected chi connectivity index (χ0v) is 15.7. The summed E-state index contributed by atoms with van der Waals surface area (Å²) in [4.78, 5) is -0.0352. The fourth-order valence-electron chi connectivity index (χ4n) is 1.84. The highest BCUT2D eigenvalue weighted by molar-refractivity contribution is 8.00. The third kappa shape index (κ3) is 6.58. The van der Waals surface area contributed by atoms with Crippen LogP contribution in [0.1, 0.15) is 25.0 Å². The van der Waals surface area contributed by atoms with Crippen LogP contribution >= 0.6 is 24.0 Å². The van der Waals surface area contributed by atoms with Gasteiger partial charge in [-0.05, 0) is 11.6 Å². The maximum absolute atomic E-state index is 13.0. The van der Waals surface area contributed by atoms with Crippen molar-refractivity contribution in [2.75, 3.05) is 12.4 Å². The van der Waals surface area contributed by atoms with Gasteiger partial charge in [-0.2, -0.15) is 17.5 Å². The van der Waals surface area contributed by atoms with Gasteiger partial charge in [-0.1, -0.05) is 44.3 Å². The van der Waals surface area contributed by atoms with E-state index in [0.717, 1.165) is 16.4 Å². The van der Waals surface area contributed by atoms with Crippen molar-refractivity contribution in [3.05, 3.63) is 35.4 Å². The highest BCUT2D eigenvalue weighted by atomic mass is 32.2. The van der Waals surface area contributed by atoms with Crippen LogP contribution in [-0.4, -0.2) is 35.4 Å². The number of thioether (sulfide) groups is 1. The van der Waals surface area contributed by atoms with Crippen LogP contribution in [0.4, 0.5) is 13.2 Å². The van der Waals surface area contributed by atoms with Crippen molar-refractivity contribution < 1.29 is 21.6 Å². The number of benzene rings is 1. The second-order valence-corrected chi connectivity index (χ2v) is 9.36. The average molecular weight is 401 g/mol. The summed E-state index contributed by atoms with van der Waals surface area (Å²) < 4.78 is 65.2. The van der Waals surface area contributed by atoms with Crippen molar-refractivity contribution in [1.82, 2.24) is 4.31 Å². The fourth-order valence-corrected chi connectivity index (χ4v) is 4.62. The Labute approximate surface area is 149 Å². The maximum atomic E-state index is 13.0. The van der Waals surface area contributed by atoms with Crippen LogP contribution in [0.15, 0.2) is 24.3 Å². The molecule has 136 valence electrons. The number of hydrogen-bond acceptors (Lipinski definition) is 4. The lowest BCUT2D eigenvalue weighted by molar-refractivity contribution is -0.138. The number of halogens is 3. The lowest BCUT2D eigenvalue weighted by atomic mass is 10.1. The monoisotopic (exact) mass is 400 g/mol. The summed E-state index contributed by atoms with van der Waals surface area (Å²) in [5, 5.41) is 0.150. The van der Waals surface area contributed by atoms with E-state index in [-0.39, 0.29) is 28.2 Å². The van der Waals surface area contributed by atoms with Crippen molar-refractivity contribution in [3.63, 3.8) is 0 Å². The first-order chi connectivity index (χ1) is 10.9. The Bertz CT molecular complexity index is 676. The summed E-state index contributed by atoms with van der Waals surface area (Å²) in [6.07, 6.45) is -4.62. The van der Waals surface area contributed by atoms with Crippen LogP contribution in [0.25, 0.3) is 0 Å². The molecule has 0 saturated heterocycles. The molecular formula is C14H19F3N2O2S3. The van der Waals surface area contributed by atoms with Gasteiger partial charge in [0.1, 0.15) is 0 Å². The van der Waals surface area contributed by atoms with Gasteiger partial charge < -0.3 is 5.73 Å². The van der Waals surface area contributed by atoms with Gasteiger partial charge in [-0.3, -0.25) is 0 Å². The number of sulfonamides is 1. The minimum atomic E-state index is -4.62. The summed E-state index contributed by atoms with van der Waals surface area (Å²) in [6.45, 7) is 3.57. The molecule has 24 heavy (non-hydrogen) atoms. The second-order valence-electron chi connectivity index (χ2n) is 5.33. The molecule has 2 N–H and O–H groups in total. The summed E-state index contributed by atoms with van der Waals surface area (Å²) >= 11 is 6.09. The zero-order chi connectivity index (χ0) is 18.5. The smallest absolute Gasteiger partial charge is 0.392 e. The summed E-state index contributed by atoms with van der Waals surface area (Å²) in [5.74, 6) is -0.685. The molecule has 10 heteroatoms. The van der Waals surface area contributed by atoms with E-state index in [4.69, 9.17) is 18.0 Å². The van der Waals surface area contributed by atoms with Crippen molar-refractivity contribution in [3.8, 4) is 0 Å². The number of nitrogens with two attached hydrogens (primary N) is 1. The lowest BCUT2D eigenvalue weighted by Crippen LogP contribution is -2.38.